The van der Waals surface area contributed by atoms with Crippen LogP contribution in [-0.2, 0) is 24.1 Å². The van der Waals surface area contributed by atoms with Gasteiger partial charge in [0, 0.05) is 11.6 Å². The molecule has 187 valence electrons. The fraction of sp³-hybridized carbons (Fsp3) is 0.333. The van der Waals surface area contributed by atoms with Crippen LogP contribution < -0.4 is 4.74 Å². The summed E-state index contributed by atoms with van der Waals surface area (Å²) in [7, 11) is 0. The molecular formula is C27H25F6O2. The Balaban J connectivity index is 2.01. The molecule has 3 rings (SSSR count). The number of halogens is 6. The van der Waals surface area contributed by atoms with Gasteiger partial charge in [-0.2, -0.15) is 8.78 Å². The molecule has 2 nitrogen and oxygen atoms in total. The zero-order valence-electron chi connectivity index (χ0n) is 19.4. The van der Waals surface area contributed by atoms with Crippen LogP contribution in [0.5, 0.6) is 11.5 Å². The van der Waals surface area contributed by atoms with Gasteiger partial charge in [-0.15, -0.1) is 0 Å². The molecule has 0 amide bonds. The summed E-state index contributed by atoms with van der Waals surface area (Å²) in [5.41, 5.74) is -3.09. The van der Waals surface area contributed by atoms with E-state index in [0.717, 1.165) is 30.9 Å². The van der Waals surface area contributed by atoms with E-state index in [4.69, 9.17) is 0 Å². The van der Waals surface area contributed by atoms with Crippen molar-refractivity contribution in [2.45, 2.75) is 58.5 Å². The van der Waals surface area contributed by atoms with Crippen LogP contribution in [0, 0.1) is 23.3 Å². The molecule has 0 N–H and O–H groups in total. The molecular weight excluding hydrogens is 470 g/mol. The zero-order valence-corrected chi connectivity index (χ0v) is 19.4. The summed E-state index contributed by atoms with van der Waals surface area (Å²) in [5, 5.41) is 12.3. The molecule has 0 atom stereocenters. The maximum atomic E-state index is 15.2. The first-order valence-corrected chi connectivity index (χ1v) is 11.4. The highest BCUT2D eigenvalue weighted by Crippen LogP contribution is 2.43. The van der Waals surface area contributed by atoms with Crippen LogP contribution in [0.4, 0.5) is 26.3 Å². The number of hydrogen-bond donors (Lipinski definition) is 0. The fourth-order valence-electron chi connectivity index (χ4n) is 3.83. The van der Waals surface area contributed by atoms with E-state index in [1.807, 2.05) is 13.8 Å². The highest BCUT2D eigenvalue weighted by molar-refractivity contribution is 5.73. The van der Waals surface area contributed by atoms with Gasteiger partial charge < -0.3 is 4.74 Å². The van der Waals surface area contributed by atoms with E-state index in [1.165, 1.54) is 30.3 Å². The largest absolute Gasteiger partial charge is 0.432 e. The fourth-order valence-corrected chi connectivity index (χ4v) is 3.83. The van der Waals surface area contributed by atoms with Crippen LogP contribution in [-0.4, -0.2) is 0 Å². The predicted octanol–water partition coefficient (Wildman–Crippen LogP) is 8.87. The summed E-state index contributed by atoms with van der Waals surface area (Å²) in [6, 6.07) is 7.65. The Morgan fingerprint density at radius 1 is 0.829 bits per heavy atom. The third-order valence-electron chi connectivity index (χ3n) is 5.78. The number of ether oxygens (including phenoxy) is 1. The molecule has 0 heterocycles. The second-order valence-electron chi connectivity index (χ2n) is 8.25. The highest BCUT2D eigenvalue weighted by atomic mass is 19.3. The summed E-state index contributed by atoms with van der Waals surface area (Å²) in [6.45, 7) is 3.85. The lowest BCUT2D eigenvalue weighted by Gasteiger charge is -2.21. The van der Waals surface area contributed by atoms with Crippen LogP contribution >= 0.6 is 0 Å². The first-order chi connectivity index (χ1) is 16.6. The molecule has 3 aromatic rings. The number of unbranched alkanes of at least 4 members (excludes halogenated alkanes) is 3. The molecule has 0 aliphatic carbocycles. The first-order valence-electron chi connectivity index (χ1n) is 11.4. The van der Waals surface area contributed by atoms with E-state index in [2.05, 4.69) is 4.74 Å². The second-order valence-corrected chi connectivity index (χ2v) is 8.25. The number of benzene rings is 3. The van der Waals surface area contributed by atoms with Crippen molar-refractivity contribution in [3.63, 3.8) is 0 Å². The topological polar surface area (TPSA) is 29.1 Å². The molecule has 0 aliphatic heterocycles. The van der Waals surface area contributed by atoms with Crippen LogP contribution in [0.3, 0.4) is 0 Å². The average molecular weight is 495 g/mol. The molecule has 0 aliphatic rings. The molecule has 0 spiro atoms. The number of rotatable bonds is 10. The molecule has 0 saturated heterocycles. The van der Waals surface area contributed by atoms with Crippen LogP contribution in [0.1, 0.15) is 56.2 Å². The molecule has 0 unspecified atom stereocenters. The van der Waals surface area contributed by atoms with E-state index in [0.29, 0.717) is 12.8 Å². The lowest BCUT2D eigenvalue weighted by Crippen LogP contribution is -2.25. The summed E-state index contributed by atoms with van der Waals surface area (Å²) >= 11 is 0. The van der Waals surface area contributed by atoms with Gasteiger partial charge >= 0.3 is 6.11 Å². The minimum Gasteiger partial charge on any atom is -0.429 e. The molecule has 35 heavy (non-hydrogen) atoms. The van der Waals surface area contributed by atoms with E-state index in [1.54, 1.807) is 0 Å². The third kappa shape index (κ3) is 5.74. The van der Waals surface area contributed by atoms with Crippen molar-refractivity contribution in [2.75, 3.05) is 0 Å². The average Bonchev–Trinajstić information content (AvgIpc) is 2.80. The Morgan fingerprint density at radius 3 is 2.14 bits per heavy atom. The van der Waals surface area contributed by atoms with Crippen molar-refractivity contribution in [1.29, 1.82) is 0 Å². The Labute approximate surface area is 200 Å². The van der Waals surface area contributed by atoms with Crippen molar-refractivity contribution < 1.29 is 36.2 Å². The van der Waals surface area contributed by atoms with Gasteiger partial charge in [-0.25, -0.2) is 17.6 Å². The van der Waals surface area contributed by atoms with Gasteiger partial charge in [-0.05, 0) is 42.5 Å². The zero-order chi connectivity index (χ0) is 25.8. The van der Waals surface area contributed by atoms with Crippen LogP contribution in [0.15, 0.2) is 42.5 Å². The molecule has 0 fully saturated rings. The van der Waals surface area contributed by atoms with E-state index in [9.17, 15) is 27.1 Å². The first kappa shape index (κ1) is 26.4. The molecule has 1 radical (unpaired) electrons. The maximum absolute atomic E-state index is 15.2. The smallest absolute Gasteiger partial charge is 0.429 e. The summed E-state index contributed by atoms with van der Waals surface area (Å²) in [5.74, 6) is -8.52. The Hall–Kier alpha value is -3.16. The van der Waals surface area contributed by atoms with Crippen molar-refractivity contribution in [2.24, 2.45) is 0 Å². The van der Waals surface area contributed by atoms with Crippen molar-refractivity contribution in [1.82, 2.24) is 0 Å². The number of aryl methyl sites for hydroxylation is 2. The van der Waals surface area contributed by atoms with Crippen LogP contribution in [0.25, 0.3) is 11.1 Å². The highest BCUT2D eigenvalue weighted by Gasteiger charge is 2.43. The SMILES string of the molecule is CCCCCCc1ccc(-c2c([O])cc(F)c(C(F)(F)Oc3ccc(CC)cc3)c2F)c(F)c1F. The standard InChI is InChI=1S/C27H25F6O2/c1-3-5-6-7-8-17-11-14-19(25(30)24(17)29)22-21(34)15-20(28)23(26(22)31)27(32,33)35-18-12-9-16(4-2)10-13-18/h9-15H,3-8H2,1-2H3. The molecule has 0 bridgehead atoms. The number of alkyl halides is 2. The van der Waals surface area contributed by atoms with Gasteiger partial charge in [-0.3, -0.25) is 5.11 Å². The summed E-state index contributed by atoms with van der Waals surface area (Å²) in [6.07, 6.45) is -0.430. The van der Waals surface area contributed by atoms with Gasteiger partial charge in [0.25, 0.3) is 0 Å². The molecule has 3 aromatic carbocycles. The van der Waals surface area contributed by atoms with E-state index >= 15 is 4.39 Å². The van der Waals surface area contributed by atoms with Crippen molar-refractivity contribution in [3.8, 4) is 22.6 Å². The Bertz CT molecular complexity index is 1180. The lowest BCUT2D eigenvalue weighted by molar-refractivity contribution is -0.189. The second kappa shape index (κ2) is 11.1. The van der Waals surface area contributed by atoms with Gasteiger partial charge in [-0.1, -0.05) is 57.4 Å². The number of hydrogen-bond acceptors (Lipinski definition) is 1. The quantitative estimate of drug-likeness (QED) is 0.204. The van der Waals surface area contributed by atoms with Crippen molar-refractivity contribution >= 4 is 0 Å². The molecule has 0 saturated carbocycles. The Kier molecular flexibility index (Phi) is 8.35. The van der Waals surface area contributed by atoms with Crippen molar-refractivity contribution in [3.05, 3.63) is 82.4 Å². The minimum atomic E-state index is -4.54. The Morgan fingerprint density at radius 2 is 1.51 bits per heavy atom. The molecule has 8 heteroatoms. The maximum Gasteiger partial charge on any atom is 0.432 e. The monoisotopic (exact) mass is 495 g/mol. The van der Waals surface area contributed by atoms with E-state index < -0.39 is 51.8 Å². The molecule has 0 aromatic heterocycles. The lowest BCUT2D eigenvalue weighted by atomic mass is 9.96. The van der Waals surface area contributed by atoms with E-state index in [-0.39, 0.29) is 23.8 Å². The van der Waals surface area contributed by atoms with Crippen LogP contribution in [0.2, 0.25) is 0 Å². The van der Waals surface area contributed by atoms with Gasteiger partial charge in [0.1, 0.15) is 17.1 Å². The normalized spacial score (nSPS) is 11.7. The summed E-state index contributed by atoms with van der Waals surface area (Å²) in [4.78, 5) is 0. The van der Waals surface area contributed by atoms with Gasteiger partial charge in [0.15, 0.2) is 23.2 Å². The van der Waals surface area contributed by atoms with Gasteiger partial charge in [0.2, 0.25) is 0 Å². The predicted molar refractivity (Wildman–Crippen MR) is 120 cm³/mol. The third-order valence-corrected chi connectivity index (χ3v) is 5.78. The minimum absolute atomic E-state index is 0.0155. The van der Waals surface area contributed by atoms with Gasteiger partial charge in [0.05, 0.1) is 5.56 Å². The summed E-state index contributed by atoms with van der Waals surface area (Å²) < 4.78 is 93.3.